The highest BCUT2D eigenvalue weighted by atomic mass is 28.5. The lowest BCUT2D eigenvalue weighted by Gasteiger charge is -2.41. The maximum Gasteiger partial charge on any atom is 0.313 e. The van der Waals surface area contributed by atoms with Crippen LogP contribution >= 0.6 is 0 Å². The lowest BCUT2D eigenvalue weighted by atomic mass is 11.0. The third kappa shape index (κ3) is 6.61. The second kappa shape index (κ2) is 8.70. The predicted molar refractivity (Wildman–Crippen MR) is 111 cm³/mol. The Morgan fingerprint density at radius 3 is 1.04 bits per heavy atom. The molecule has 0 aromatic carbocycles. The predicted octanol–water partition coefficient (Wildman–Crippen LogP) is 5.27. The van der Waals surface area contributed by atoms with E-state index in [1.807, 2.05) is 22.8 Å². The molecule has 0 spiro atoms. The van der Waals surface area contributed by atoms with Crippen molar-refractivity contribution >= 4 is 33.8 Å². The maximum atomic E-state index is 6.46. The van der Waals surface area contributed by atoms with Gasteiger partial charge in [0.2, 0.25) is 16.6 Å². The molecule has 0 aliphatic carbocycles. The van der Waals surface area contributed by atoms with Crippen LogP contribution in [-0.2, 0) is 12.3 Å². The molecule has 0 aliphatic heterocycles. The number of hydrogen-bond donors (Lipinski definition) is 0. The average molecular weight is 387 g/mol. The van der Waals surface area contributed by atoms with Crippen LogP contribution < -0.4 is 0 Å². The topological polar surface area (TPSA) is 27.7 Å². The van der Waals surface area contributed by atoms with Gasteiger partial charge in [-0.1, -0.05) is 36.6 Å². The fourth-order valence-electron chi connectivity index (χ4n) is 2.60. The standard InChI is InChI=1S/C16H34O3Si4/c1-11-22(12-2,13-3)18-20(7,8)17-21(9,10)19-23(14-4,15-5)16-6/h11-12,14-15H,1-2,4-5,13,16H2,3,6-10H3. The third-order valence-corrected chi connectivity index (χ3v) is 19.7. The minimum Gasteiger partial charge on any atom is -0.429 e. The Kier molecular flexibility index (Phi) is 8.59. The Labute approximate surface area is 147 Å². The Morgan fingerprint density at radius 1 is 0.609 bits per heavy atom. The highest BCUT2D eigenvalue weighted by molar-refractivity contribution is 6.94. The Hall–Kier alpha value is -0.292. The molecule has 3 nitrogen and oxygen atoms in total. The van der Waals surface area contributed by atoms with Crippen molar-refractivity contribution < 1.29 is 12.3 Å². The van der Waals surface area contributed by atoms with Crippen LogP contribution in [0.5, 0.6) is 0 Å². The third-order valence-electron chi connectivity index (χ3n) is 3.85. The molecule has 0 saturated carbocycles. The zero-order chi connectivity index (χ0) is 18.4. The monoisotopic (exact) mass is 386 g/mol. The van der Waals surface area contributed by atoms with Crippen molar-refractivity contribution in [2.75, 3.05) is 0 Å². The van der Waals surface area contributed by atoms with Crippen LogP contribution in [0.4, 0.5) is 0 Å². The van der Waals surface area contributed by atoms with Crippen LogP contribution in [-0.4, -0.2) is 33.8 Å². The van der Waals surface area contributed by atoms with Crippen molar-refractivity contribution in [3.05, 3.63) is 49.1 Å². The first kappa shape index (κ1) is 22.7. The second-order valence-electron chi connectivity index (χ2n) is 6.54. The molecule has 0 rings (SSSR count). The maximum absolute atomic E-state index is 6.46. The molecule has 23 heavy (non-hydrogen) atoms. The van der Waals surface area contributed by atoms with E-state index in [2.05, 4.69) is 66.4 Å². The summed E-state index contributed by atoms with van der Waals surface area (Å²) in [4.78, 5) is 0. The molecule has 0 atom stereocenters. The average Bonchev–Trinajstić information content (AvgIpc) is 2.49. The first-order valence-corrected chi connectivity index (χ1v) is 18.3. The summed E-state index contributed by atoms with van der Waals surface area (Å²) in [6.07, 6.45) is 0. The van der Waals surface area contributed by atoms with Gasteiger partial charge in [0.15, 0.2) is 0 Å². The normalized spacial score (nSPS) is 13.5. The van der Waals surface area contributed by atoms with Gasteiger partial charge < -0.3 is 12.3 Å². The van der Waals surface area contributed by atoms with Gasteiger partial charge in [-0.25, -0.2) is 0 Å². The van der Waals surface area contributed by atoms with Crippen LogP contribution in [0.3, 0.4) is 0 Å². The molecule has 0 aromatic heterocycles. The quantitative estimate of drug-likeness (QED) is 0.427. The first-order valence-electron chi connectivity index (χ1n) is 8.13. The summed E-state index contributed by atoms with van der Waals surface area (Å²) < 4.78 is 19.4. The van der Waals surface area contributed by atoms with E-state index in [1.165, 1.54) is 0 Å². The molecule has 0 aliphatic rings. The van der Waals surface area contributed by atoms with Gasteiger partial charge in [-0.3, -0.25) is 0 Å². The Morgan fingerprint density at radius 2 is 0.870 bits per heavy atom. The minimum atomic E-state index is -2.37. The molecule has 0 bridgehead atoms. The smallest absolute Gasteiger partial charge is 0.313 e. The summed E-state index contributed by atoms with van der Waals surface area (Å²) in [6, 6.07) is 1.82. The largest absolute Gasteiger partial charge is 0.429 e. The fourth-order valence-corrected chi connectivity index (χ4v) is 19.7. The zero-order valence-corrected chi connectivity index (χ0v) is 19.8. The molecule has 0 fully saturated rings. The number of rotatable bonds is 12. The summed E-state index contributed by atoms with van der Waals surface area (Å²) >= 11 is 0. The molecular formula is C16H34O3Si4. The van der Waals surface area contributed by atoms with E-state index < -0.39 is 33.8 Å². The SMILES string of the molecule is C=C[Si](C=C)(CC)O[Si](C)(C)O[Si](C)(C)O[Si](C=C)(C=C)CC. The number of hydrogen-bond acceptors (Lipinski definition) is 3. The van der Waals surface area contributed by atoms with Crippen molar-refractivity contribution in [2.24, 2.45) is 0 Å². The van der Waals surface area contributed by atoms with E-state index in [0.717, 1.165) is 12.1 Å². The van der Waals surface area contributed by atoms with Crippen LogP contribution in [0.2, 0.25) is 38.3 Å². The highest BCUT2D eigenvalue weighted by Gasteiger charge is 2.44. The van der Waals surface area contributed by atoms with E-state index in [1.54, 1.807) is 0 Å². The fraction of sp³-hybridized carbons (Fsp3) is 0.500. The first-order chi connectivity index (χ1) is 10.5. The van der Waals surface area contributed by atoms with Crippen molar-refractivity contribution in [1.29, 1.82) is 0 Å². The molecule has 7 heteroatoms. The van der Waals surface area contributed by atoms with E-state index >= 15 is 0 Å². The van der Waals surface area contributed by atoms with Gasteiger partial charge in [0, 0.05) is 0 Å². The minimum absolute atomic E-state index is 0.912. The summed E-state index contributed by atoms with van der Waals surface area (Å²) in [5.74, 6) is 0. The lowest BCUT2D eigenvalue weighted by molar-refractivity contribution is 0.333. The van der Waals surface area contributed by atoms with Gasteiger partial charge >= 0.3 is 17.1 Å². The van der Waals surface area contributed by atoms with E-state index in [9.17, 15) is 0 Å². The van der Waals surface area contributed by atoms with Crippen molar-refractivity contribution in [3.8, 4) is 0 Å². The Bertz CT molecular complexity index is 391. The van der Waals surface area contributed by atoms with Crippen molar-refractivity contribution in [1.82, 2.24) is 0 Å². The van der Waals surface area contributed by atoms with Crippen molar-refractivity contribution in [3.63, 3.8) is 0 Å². The van der Waals surface area contributed by atoms with Gasteiger partial charge in [0.25, 0.3) is 0 Å². The molecule has 0 aromatic rings. The molecule has 0 saturated heterocycles. The molecule has 132 valence electrons. The van der Waals surface area contributed by atoms with E-state index in [-0.39, 0.29) is 0 Å². The van der Waals surface area contributed by atoms with Gasteiger partial charge in [0.1, 0.15) is 0 Å². The second-order valence-corrected chi connectivity index (χ2v) is 21.5. The lowest BCUT2D eigenvalue weighted by Crippen LogP contribution is -2.57. The Balaban J connectivity index is 5.26. The zero-order valence-electron chi connectivity index (χ0n) is 15.8. The highest BCUT2D eigenvalue weighted by Crippen LogP contribution is 2.27. The summed E-state index contributed by atoms with van der Waals surface area (Å²) in [6.45, 7) is 28.3. The van der Waals surface area contributed by atoms with Gasteiger partial charge in [-0.2, -0.15) is 0 Å². The molecule has 0 unspecified atom stereocenters. The summed E-state index contributed by atoms with van der Waals surface area (Å²) in [5, 5.41) is 0. The molecule has 0 radical (unpaired) electrons. The molecule has 0 heterocycles. The molecule has 0 N–H and O–H groups in total. The van der Waals surface area contributed by atoms with Crippen LogP contribution in [0, 0.1) is 0 Å². The van der Waals surface area contributed by atoms with Crippen LogP contribution in [0.25, 0.3) is 0 Å². The van der Waals surface area contributed by atoms with Gasteiger partial charge in [-0.15, -0.1) is 26.3 Å². The van der Waals surface area contributed by atoms with Gasteiger partial charge in [0.05, 0.1) is 0 Å². The van der Waals surface area contributed by atoms with Gasteiger partial charge in [-0.05, 0) is 38.3 Å². The van der Waals surface area contributed by atoms with Crippen LogP contribution in [0.1, 0.15) is 13.8 Å². The summed E-state index contributed by atoms with van der Waals surface area (Å²) in [5.41, 5.74) is 7.75. The van der Waals surface area contributed by atoms with Crippen molar-refractivity contribution in [2.45, 2.75) is 52.1 Å². The van der Waals surface area contributed by atoms with E-state index in [0.29, 0.717) is 0 Å². The van der Waals surface area contributed by atoms with E-state index in [4.69, 9.17) is 12.3 Å². The molecule has 0 amide bonds. The summed E-state index contributed by atoms with van der Waals surface area (Å²) in [7, 11) is -9.00. The molecular weight excluding hydrogens is 353 g/mol. The van der Waals surface area contributed by atoms with Crippen LogP contribution in [0.15, 0.2) is 49.1 Å².